The second-order valence-corrected chi connectivity index (χ2v) is 7.21. The van der Waals surface area contributed by atoms with Gasteiger partial charge in [-0.25, -0.2) is 0 Å². The van der Waals surface area contributed by atoms with Crippen LogP contribution in [0.25, 0.3) is 0 Å². The number of piperazine rings is 1. The van der Waals surface area contributed by atoms with Gasteiger partial charge in [0, 0.05) is 50.3 Å². The van der Waals surface area contributed by atoms with E-state index in [1.165, 1.54) is 0 Å². The van der Waals surface area contributed by atoms with E-state index in [2.05, 4.69) is 19.8 Å². The molecule has 0 aromatic carbocycles. The van der Waals surface area contributed by atoms with Crippen molar-refractivity contribution in [2.45, 2.75) is 27.3 Å². The van der Waals surface area contributed by atoms with Crippen LogP contribution in [0.1, 0.15) is 34.4 Å². The molecular weight excluding hydrogens is 354 g/mol. The first-order valence-electron chi connectivity index (χ1n) is 9.84. The fourth-order valence-corrected chi connectivity index (χ4v) is 3.65. The molecule has 0 atom stereocenters. The molecule has 0 radical (unpaired) electrons. The van der Waals surface area contributed by atoms with Crippen molar-refractivity contribution >= 4 is 11.8 Å². The van der Waals surface area contributed by atoms with E-state index in [-0.39, 0.29) is 11.8 Å². The number of carbonyl (C=O) groups excluding carboxylic acids is 2. The van der Waals surface area contributed by atoms with Gasteiger partial charge in [0.15, 0.2) is 0 Å². The first-order chi connectivity index (χ1) is 13.5. The Kier molecular flexibility index (Phi) is 6.46. The fourth-order valence-electron chi connectivity index (χ4n) is 3.65. The smallest absolute Gasteiger partial charge is 0.255 e. The van der Waals surface area contributed by atoms with Gasteiger partial charge in [-0.05, 0) is 39.0 Å². The summed E-state index contributed by atoms with van der Waals surface area (Å²) in [6.07, 6.45) is 1.79. The zero-order chi connectivity index (χ0) is 20.1. The first-order valence-corrected chi connectivity index (χ1v) is 9.84. The number of amides is 2. The van der Waals surface area contributed by atoms with Crippen LogP contribution >= 0.6 is 0 Å². The SMILES string of the molecule is CCNC(=O)CN1CCN(C(=O)c2cc(C)n(Cc3ccccn3)c2C)CC1. The molecule has 2 aromatic heterocycles. The molecule has 1 aliphatic rings. The van der Waals surface area contributed by atoms with Crippen molar-refractivity contribution in [3.8, 4) is 0 Å². The van der Waals surface area contributed by atoms with E-state index in [0.29, 0.717) is 32.7 Å². The lowest BCUT2D eigenvalue weighted by molar-refractivity contribution is -0.122. The predicted octanol–water partition coefficient (Wildman–Crippen LogP) is 1.44. The maximum Gasteiger partial charge on any atom is 0.255 e. The third-order valence-corrected chi connectivity index (χ3v) is 5.25. The summed E-state index contributed by atoms with van der Waals surface area (Å²) >= 11 is 0. The lowest BCUT2D eigenvalue weighted by atomic mass is 10.2. The average molecular weight is 383 g/mol. The molecule has 1 fully saturated rings. The summed E-state index contributed by atoms with van der Waals surface area (Å²) in [4.78, 5) is 33.2. The predicted molar refractivity (Wildman–Crippen MR) is 108 cm³/mol. The third-order valence-electron chi connectivity index (χ3n) is 5.25. The van der Waals surface area contributed by atoms with E-state index in [9.17, 15) is 9.59 Å². The molecule has 7 heteroatoms. The number of hydrogen-bond donors (Lipinski definition) is 1. The zero-order valence-electron chi connectivity index (χ0n) is 16.9. The summed E-state index contributed by atoms with van der Waals surface area (Å²) < 4.78 is 2.14. The maximum absolute atomic E-state index is 13.1. The van der Waals surface area contributed by atoms with Crippen molar-refractivity contribution in [3.63, 3.8) is 0 Å². The summed E-state index contributed by atoms with van der Waals surface area (Å²) in [5.74, 6) is 0.110. The van der Waals surface area contributed by atoms with E-state index < -0.39 is 0 Å². The molecule has 1 saturated heterocycles. The highest BCUT2D eigenvalue weighted by molar-refractivity contribution is 5.95. The van der Waals surface area contributed by atoms with Crippen LogP contribution in [-0.4, -0.2) is 70.4 Å². The molecular formula is C21H29N5O2. The Balaban J connectivity index is 1.64. The van der Waals surface area contributed by atoms with Crippen molar-refractivity contribution in [2.75, 3.05) is 39.3 Å². The average Bonchev–Trinajstić information content (AvgIpc) is 2.97. The van der Waals surface area contributed by atoms with Crippen LogP contribution in [-0.2, 0) is 11.3 Å². The van der Waals surface area contributed by atoms with Gasteiger partial charge in [-0.3, -0.25) is 19.5 Å². The van der Waals surface area contributed by atoms with Gasteiger partial charge in [-0.2, -0.15) is 0 Å². The summed E-state index contributed by atoms with van der Waals surface area (Å²) in [5, 5.41) is 2.82. The standard InChI is InChI=1S/C21H29N5O2/c1-4-22-20(27)15-24-9-11-25(12-10-24)21(28)19-13-16(2)26(17(19)3)14-18-7-5-6-8-23-18/h5-8,13H,4,9-12,14-15H2,1-3H3,(H,22,27). The van der Waals surface area contributed by atoms with Gasteiger partial charge in [0.1, 0.15) is 0 Å². The van der Waals surface area contributed by atoms with Gasteiger partial charge < -0.3 is 14.8 Å². The topological polar surface area (TPSA) is 70.5 Å². The summed E-state index contributed by atoms with van der Waals surface area (Å²) in [5.41, 5.74) is 3.76. The molecule has 0 bridgehead atoms. The second-order valence-electron chi connectivity index (χ2n) is 7.21. The number of pyridine rings is 1. The third kappa shape index (κ3) is 4.59. The van der Waals surface area contributed by atoms with Gasteiger partial charge in [-0.1, -0.05) is 6.07 Å². The van der Waals surface area contributed by atoms with Crippen molar-refractivity contribution in [3.05, 3.63) is 53.1 Å². The number of likely N-dealkylation sites (N-methyl/N-ethyl adjacent to an activating group) is 1. The normalized spacial score (nSPS) is 14.9. The highest BCUT2D eigenvalue weighted by Gasteiger charge is 2.26. The molecule has 7 nitrogen and oxygen atoms in total. The van der Waals surface area contributed by atoms with Crippen LogP contribution in [0.4, 0.5) is 0 Å². The quantitative estimate of drug-likeness (QED) is 0.820. The lowest BCUT2D eigenvalue weighted by Gasteiger charge is -2.34. The highest BCUT2D eigenvalue weighted by Crippen LogP contribution is 2.19. The van der Waals surface area contributed by atoms with Crippen LogP contribution in [0, 0.1) is 13.8 Å². The van der Waals surface area contributed by atoms with E-state index in [1.54, 1.807) is 6.20 Å². The molecule has 2 amide bonds. The molecule has 0 aliphatic carbocycles. The number of aromatic nitrogens is 2. The highest BCUT2D eigenvalue weighted by atomic mass is 16.2. The monoisotopic (exact) mass is 383 g/mol. The molecule has 1 aliphatic heterocycles. The van der Waals surface area contributed by atoms with E-state index >= 15 is 0 Å². The van der Waals surface area contributed by atoms with Crippen LogP contribution in [0.2, 0.25) is 0 Å². The number of carbonyl (C=O) groups is 2. The summed E-state index contributed by atoms with van der Waals surface area (Å²) in [7, 11) is 0. The van der Waals surface area contributed by atoms with Gasteiger partial charge in [0.2, 0.25) is 5.91 Å². The van der Waals surface area contributed by atoms with Gasteiger partial charge in [0.05, 0.1) is 24.3 Å². The molecule has 1 N–H and O–H groups in total. The largest absolute Gasteiger partial charge is 0.355 e. The molecule has 3 rings (SSSR count). The van der Waals surface area contributed by atoms with Crippen LogP contribution < -0.4 is 5.32 Å². The molecule has 28 heavy (non-hydrogen) atoms. The lowest BCUT2D eigenvalue weighted by Crippen LogP contribution is -2.51. The zero-order valence-corrected chi connectivity index (χ0v) is 16.9. The molecule has 0 saturated carbocycles. The van der Waals surface area contributed by atoms with E-state index in [0.717, 1.165) is 35.7 Å². The molecule has 150 valence electrons. The Labute approximate surface area is 166 Å². The summed E-state index contributed by atoms with van der Waals surface area (Å²) in [6.45, 7) is 10.4. The van der Waals surface area contributed by atoms with Crippen LogP contribution in [0.3, 0.4) is 0 Å². The van der Waals surface area contributed by atoms with Gasteiger partial charge in [-0.15, -0.1) is 0 Å². The maximum atomic E-state index is 13.1. The Hall–Kier alpha value is -2.67. The Bertz CT molecular complexity index is 823. The number of nitrogens with one attached hydrogen (secondary N) is 1. The van der Waals surface area contributed by atoms with Crippen LogP contribution in [0.15, 0.2) is 30.5 Å². The Morgan fingerprint density at radius 3 is 2.54 bits per heavy atom. The minimum atomic E-state index is 0.0420. The number of hydrogen-bond acceptors (Lipinski definition) is 4. The van der Waals surface area contributed by atoms with Gasteiger partial charge in [0.25, 0.3) is 5.91 Å². The summed E-state index contributed by atoms with van der Waals surface area (Å²) in [6, 6.07) is 7.85. The Morgan fingerprint density at radius 2 is 1.89 bits per heavy atom. The number of rotatable bonds is 6. The second kappa shape index (κ2) is 9.01. The molecule has 3 heterocycles. The molecule has 2 aromatic rings. The van der Waals surface area contributed by atoms with Crippen molar-refractivity contribution in [2.24, 2.45) is 0 Å². The number of aryl methyl sites for hydroxylation is 1. The Morgan fingerprint density at radius 1 is 1.14 bits per heavy atom. The van der Waals surface area contributed by atoms with Crippen molar-refractivity contribution in [1.82, 2.24) is 24.7 Å². The fraction of sp³-hybridized carbons (Fsp3) is 0.476. The minimum absolute atomic E-state index is 0.0420. The number of nitrogens with zero attached hydrogens (tertiary/aromatic N) is 4. The minimum Gasteiger partial charge on any atom is -0.355 e. The van der Waals surface area contributed by atoms with Crippen molar-refractivity contribution < 1.29 is 9.59 Å². The van der Waals surface area contributed by atoms with Crippen molar-refractivity contribution in [1.29, 1.82) is 0 Å². The molecule has 0 unspecified atom stereocenters. The van der Waals surface area contributed by atoms with Crippen LogP contribution in [0.5, 0.6) is 0 Å². The van der Waals surface area contributed by atoms with E-state index in [4.69, 9.17) is 0 Å². The van der Waals surface area contributed by atoms with E-state index in [1.807, 2.05) is 49.9 Å². The molecule has 0 spiro atoms. The van der Waals surface area contributed by atoms with Gasteiger partial charge >= 0.3 is 0 Å². The first kappa shape index (κ1) is 20.1.